The maximum absolute atomic E-state index is 11.1. The van der Waals surface area contributed by atoms with Gasteiger partial charge in [0, 0.05) is 12.5 Å². The highest BCUT2D eigenvalue weighted by atomic mass is 16.5. The van der Waals surface area contributed by atoms with Crippen molar-refractivity contribution in [1.29, 1.82) is 0 Å². The van der Waals surface area contributed by atoms with Gasteiger partial charge in [0.05, 0.1) is 12.7 Å². The molecule has 0 aromatic heterocycles. The van der Waals surface area contributed by atoms with Crippen LogP contribution in [0.2, 0.25) is 0 Å². The highest BCUT2D eigenvalue weighted by molar-refractivity contribution is 5.32. The van der Waals surface area contributed by atoms with Crippen molar-refractivity contribution in [1.82, 2.24) is 5.32 Å². The fraction of sp³-hybridized carbons (Fsp3) is 0.600. The predicted octanol–water partition coefficient (Wildman–Crippen LogP) is 1.90. The van der Waals surface area contributed by atoms with Crippen LogP contribution in [0.5, 0.6) is 5.75 Å². The first-order valence-electron chi connectivity index (χ1n) is 6.81. The molecule has 1 aliphatic heterocycles. The standard InChI is InChI=1S/C15H21NO2/c1-18-13-6-4-12(5-7-13)15(17)8-2-3-11-9-16-10-14(11)15/h4-7,11,14,16-17H,2-3,8-10H2,1H3. The van der Waals surface area contributed by atoms with Crippen LogP contribution < -0.4 is 10.1 Å². The van der Waals surface area contributed by atoms with Crippen molar-refractivity contribution in [2.24, 2.45) is 11.8 Å². The van der Waals surface area contributed by atoms with Gasteiger partial charge >= 0.3 is 0 Å². The van der Waals surface area contributed by atoms with Crippen molar-refractivity contribution >= 4 is 0 Å². The highest BCUT2D eigenvalue weighted by Gasteiger charge is 2.47. The van der Waals surface area contributed by atoms with Crippen LogP contribution in [0, 0.1) is 11.8 Å². The summed E-state index contributed by atoms with van der Waals surface area (Å²) < 4.78 is 5.18. The number of hydrogen-bond acceptors (Lipinski definition) is 3. The van der Waals surface area contributed by atoms with Gasteiger partial charge in [-0.15, -0.1) is 0 Å². The lowest BCUT2D eigenvalue weighted by Crippen LogP contribution is -2.42. The number of aliphatic hydroxyl groups is 1. The summed E-state index contributed by atoms with van der Waals surface area (Å²) in [4.78, 5) is 0. The Labute approximate surface area is 108 Å². The third-order valence-electron chi connectivity index (χ3n) is 4.68. The summed E-state index contributed by atoms with van der Waals surface area (Å²) in [5.74, 6) is 1.84. The van der Waals surface area contributed by atoms with Gasteiger partial charge in [0.25, 0.3) is 0 Å². The smallest absolute Gasteiger partial charge is 0.118 e. The average molecular weight is 247 g/mol. The van der Waals surface area contributed by atoms with E-state index in [2.05, 4.69) is 5.32 Å². The SMILES string of the molecule is COc1ccc(C2(O)CCCC3CNCC32)cc1. The molecule has 1 aromatic rings. The Morgan fingerprint density at radius 2 is 2.06 bits per heavy atom. The third kappa shape index (κ3) is 1.82. The summed E-state index contributed by atoms with van der Waals surface area (Å²) in [6.07, 6.45) is 3.24. The van der Waals surface area contributed by atoms with Gasteiger partial charge in [0.1, 0.15) is 5.75 Å². The van der Waals surface area contributed by atoms with E-state index in [4.69, 9.17) is 4.74 Å². The zero-order chi connectivity index (χ0) is 12.6. The van der Waals surface area contributed by atoms with E-state index in [-0.39, 0.29) is 0 Å². The zero-order valence-electron chi connectivity index (χ0n) is 10.9. The molecule has 2 N–H and O–H groups in total. The summed E-state index contributed by atoms with van der Waals surface area (Å²) >= 11 is 0. The molecular weight excluding hydrogens is 226 g/mol. The minimum absolute atomic E-state index is 0.361. The first-order chi connectivity index (χ1) is 8.74. The van der Waals surface area contributed by atoms with E-state index < -0.39 is 5.60 Å². The van der Waals surface area contributed by atoms with E-state index >= 15 is 0 Å². The van der Waals surface area contributed by atoms with Gasteiger partial charge in [-0.25, -0.2) is 0 Å². The highest BCUT2D eigenvalue weighted by Crippen LogP contribution is 2.46. The van der Waals surface area contributed by atoms with E-state index in [1.807, 2.05) is 24.3 Å². The van der Waals surface area contributed by atoms with Gasteiger partial charge in [-0.05, 0) is 49.4 Å². The third-order valence-corrected chi connectivity index (χ3v) is 4.68. The first-order valence-corrected chi connectivity index (χ1v) is 6.81. The minimum Gasteiger partial charge on any atom is -0.497 e. The summed E-state index contributed by atoms with van der Waals surface area (Å²) in [6, 6.07) is 7.91. The molecule has 3 unspecified atom stereocenters. The van der Waals surface area contributed by atoms with Gasteiger partial charge in [-0.2, -0.15) is 0 Å². The van der Waals surface area contributed by atoms with E-state index in [1.165, 1.54) is 6.42 Å². The van der Waals surface area contributed by atoms with Gasteiger partial charge in [0.15, 0.2) is 0 Å². The van der Waals surface area contributed by atoms with Crippen molar-refractivity contribution in [3.63, 3.8) is 0 Å². The average Bonchev–Trinajstić information content (AvgIpc) is 2.89. The summed E-state index contributed by atoms with van der Waals surface area (Å²) in [5, 5.41) is 14.5. The van der Waals surface area contributed by atoms with Crippen LogP contribution in [0.4, 0.5) is 0 Å². The number of methoxy groups -OCH3 is 1. The van der Waals surface area contributed by atoms with Gasteiger partial charge < -0.3 is 15.2 Å². The molecule has 0 radical (unpaired) electrons. The fourth-order valence-corrected chi connectivity index (χ4v) is 3.65. The predicted molar refractivity (Wildman–Crippen MR) is 70.6 cm³/mol. The molecule has 1 saturated heterocycles. The minimum atomic E-state index is -0.654. The van der Waals surface area contributed by atoms with Crippen LogP contribution in [0.1, 0.15) is 24.8 Å². The van der Waals surface area contributed by atoms with Crippen molar-refractivity contribution in [3.05, 3.63) is 29.8 Å². The number of benzene rings is 1. The second-order valence-corrected chi connectivity index (χ2v) is 5.57. The molecule has 18 heavy (non-hydrogen) atoms. The molecule has 3 nitrogen and oxygen atoms in total. The number of rotatable bonds is 2. The largest absolute Gasteiger partial charge is 0.497 e. The number of hydrogen-bond donors (Lipinski definition) is 2. The van der Waals surface area contributed by atoms with Crippen molar-refractivity contribution < 1.29 is 9.84 Å². The molecule has 3 rings (SSSR count). The van der Waals surface area contributed by atoms with Crippen LogP contribution in [0.25, 0.3) is 0 Å². The lowest BCUT2D eigenvalue weighted by molar-refractivity contribution is -0.0634. The maximum atomic E-state index is 11.1. The molecule has 0 spiro atoms. The number of ether oxygens (including phenoxy) is 1. The molecule has 3 atom stereocenters. The number of fused-ring (bicyclic) bond motifs is 1. The van der Waals surface area contributed by atoms with Gasteiger partial charge in [-0.3, -0.25) is 0 Å². The second-order valence-electron chi connectivity index (χ2n) is 5.57. The molecule has 0 amide bonds. The summed E-state index contributed by atoms with van der Waals surface area (Å²) in [7, 11) is 1.67. The zero-order valence-corrected chi connectivity index (χ0v) is 10.9. The summed E-state index contributed by atoms with van der Waals surface area (Å²) in [5.41, 5.74) is 0.389. The van der Waals surface area contributed by atoms with E-state index in [0.717, 1.165) is 37.2 Å². The van der Waals surface area contributed by atoms with E-state index in [0.29, 0.717) is 11.8 Å². The van der Waals surface area contributed by atoms with Crippen LogP contribution in [0.15, 0.2) is 24.3 Å². The van der Waals surface area contributed by atoms with Crippen molar-refractivity contribution in [3.8, 4) is 5.75 Å². The molecule has 1 aliphatic carbocycles. The Bertz CT molecular complexity index is 417. The molecule has 1 heterocycles. The Hall–Kier alpha value is -1.06. The van der Waals surface area contributed by atoms with E-state index in [9.17, 15) is 5.11 Å². The van der Waals surface area contributed by atoms with Crippen LogP contribution in [0.3, 0.4) is 0 Å². The van der Waals surface area contributed by atoms with Gasteiger partial charge in [-0.1, -0.05) is 12.1 Å². The normalized spacial score (nSPS) is 35.2. The Balaban J connectivity index is 1.91. The van der Waals surface area contributed by atoms with Crippen molar-refractivity contribution in [2.45, 2.75) is 24.9 Å². The Morgan fingerprint density at radius 3 is 2.78 bits per heavy atom. The molecule has 2 aliphatic rings. The van der Waals surface area contributed by atoms with Crippen molar-refractivity contribution in [2.75, 3.05) is 20.2 Å². The molecular formula is C15H21NO2. The maximum Gasteiger partial charge on any atom is 0.118 e. The molecule has 3 heteroatoms. The molecule has 0 bridgehead atoms. The fourth-order valence-electron chi connectivity index (χ4n) is 3.65. The molecule has 1 saturated carbocycles. The van der Waals surface area contributed by atoms with Crippen LogP contribution >= 0.6 is 0 Å². The number of nitrogens with one attached hydrogen (secondary N) is 1. The van der Waals surface area contributed by atoms with Crippen LogP contribution in [-0.2, 0) is 5.60 Å². The lowest BCUT2D eigenvalue weighted by atomic mass is 9.67. The Kier molecular flexibility index (Phi) is 3.04. The quantitative estimate of drug-likeness (QED) is 0.838. The summed E-state index contributed by atoms with van der Waals surface area (Å²) in [6.45, 7) is 2.00. The first kappa shape index (κ1) is 12.0. The van der Waals surface area contributed by atoms with Crippen LogP contribution in [-0.4, -0.2) is 25.3 Å². The van der Waals surface area contributed by atoms with E-state index in [1.54, 1.807) is 7.11 Å². The second kappa shape index (κ2) is 4.56. The molecule has 98 valence electrons. The lowest BCUT2D eigenvalue weighted by Gasteiger charge is -2.41. The monoisotopic (exact) mass is 247 g/mol. The topological polar surface area (TPSA) is 41.5 Å². The Morgan fingerprint density at radius 1 is 1.28 bits per heavy atom. The molecule has 1 aromatic carbocycles. The molecule has 2 fully saturated rings. The van der Waals surface area contributed by atoms with Gasteiger partial charge in [0.2, 0.25) is 0 Å².